The van der Waals surface area contributed by atoms with Gasteiger partial charge in [0.15, 0.2) is 0 Å². The lowest BCUT2D eigenvalue weighted by Gasteiger charge is -2.19. The first-order valence-corrected chi connectivity index (χ1v) is 5.72. The van der Waals surface area contributed by atoms with E-state index in [1.54, 1.807) is 0 Å². The van der Waals surface area contributed by atoms with Gasteiger partial charge in [0.25, 0.3) is 0 Å². The van der Waals surface area contributed by atoms with Crippen LogP contribution in [-0.4, -0.2) is 20.6 Å². The number of hydrogen-bond acceptors (Lipinski definition) is 2. The Morgan fingerprint density at radius 2 is 1.87 bits per heavy atom. The van der Waals surface area contributed by atoms with Crippen molar-refractivity contribution in [1.82, 2.24) is 5.32 Å². The highest BCUT2D eigenvalue weighted by Crippen LogP contribution is 2.14. The highest BCUT2D eigenvalue weighted by atomic mass is 15.1. The summed E-state index contributed by atoms with van der Waals surface area (Å²) in [5.74, 6) is 0. The van der Waals surface area contributed by atoms with Crippen molar-refractivity contribution in [2.24, 2.45) is 0 Å². The number of benzene rings is 1. The molecule has 0 radical (unpaired) electrons. The van der Waals surface area contributed by atoms with E-state index in [9.17, 15) is 0 Å². The second kappa shape index (κ2) is 6.46. The van der Waals surface area contributed by atoms with Gasteiger partial charge in [-0.25, -0.2) is 0 Å². The summed E-state index contributed by atoms with van der Waals surface area (Å²) in [6.45, 7) is 4.31. The molecule has 1 N–H and O–H groups in total. The van der Waals surface area contributed by atoms with Gasteiger partial charge in [-0.05, 0) is 31.2 Å². The summed E-state index contributed by atoms with van der Waals surface area (Å²) >= 11 is 0. The van der Waals surface area contributed by atoms with E-state index in [2.05, 4.69) is 48.5 Å². The van der Waals surface area contributed by atoms with Gasteiger partial charge in [-0.1, -0.05) is 25.5 Å². The maximum absolute atomic E-state index is 3.15. The fourth-order valence-electron chi connectivity index (χ4n) is 1.60. The minimum atomic E-state index is 0.943. The van der Waals surface area contributed by atoms with Crippen LogP contribution in [0.15, 0.2) is 24.3 Å². The van der Waals surface area contributed by atoms with Crippen molar-refractivity contribution >= 4 is 5.69 Å². The molecule has 0 saturated heterocycles. The number of nitrogens with one attached hydrogen (secondary N) is 1. The molecule has 0 amide bonds. The average molecular weight is 206 g/mol. The first-order valence-electron chi connectivity index (χ1n) is 5.72. The molecule has 0 atom stereocenters. The molecule has 0 bridgehead atoms. The molecule has 0 aliphatic rings. The molecule has 0 fully saturated rings. The van der Waals surface area contributed by atoms with Crippen LogP contribution in [0.5, 0.6) is 0 Å². The Morgan fingerprint density at radius 3 is 2.40 bits per heavy atom. The lowest BCUT2D eigenvalue weighted by molar-refractivity contribution is 0.766. The fourth-order valence-corrected chi connectivity index (χ4v) is 1.60. The third-order valence-corrected chi connectivity index (χ3v) is 2.61. The van der Waals surface area contributed by atoms with Gasteiger partial charge in [0.2, 0.25) is 0 Å². The molecule has 1 rings (SSSR count). The van der Waals surface area contributed by atoms with Crippen LogP contribution in [0, 0.1) is 0 Å². The maximum atomic E-state index is 3.15. The van der Waals surface area contributed by atoms with Gasteiger partial charge in [0.1, 0.15) is 0 Å². The highest BCUT2D eigenvalue weighted by molar-refractivity contribution is 5.46. The second-order valence-electron chi connectivity index (χ2n) is 3.97. The molecular weight excluding hydrogens is 184 g/mol. The van der Waals surface area contributed by atoms with E-state index in [0.29, 0.717) is 0 Å². The Labute approximate surface area is 93.3 Å². The average Bonchev–Trinajstić information content (AvgIpc) is 2.27. The SMILES string of the molecule is CCCCN(C)c1ccc(CNC)cc1. The van der Waals surface area contributed by atoms with Crippen molar-refractivity contribution in [2.45, 2.75) is 26.3 Å². The van der Waals surface area contributed by atoms with Crippen molar-refractivity contribution in [3.8, 4) is 0 Å². The molecule has 15 heavy (non-hydrogen) atoms. The fraction of sp³-hybridized carbons (Fsp3) is 0.538. The number of unbranched alkanes of at least 4 members (excludes halogenated alkanes) is 1. The Kier molecular flexibility index (Phi) is 5.19. The molecule has 0 saturated carbocycles. The molecular formula is C13H22N2. The highest BCUT2D eigenvalue weighted by Gasteiger charge is 1.99. The molecule has 0 aliphatic carbocycles. The van der Waals surface area contributed by atoms with E-state index in [-0.39, 0.29) is 0 Å². The van der Waals surface area contributed by atoms with Crippen molar-refractivity contribution < 1.29 is 0 Å². The summed E-state index contributed by atoms with van der Waals surface area (Å²) in [5, 5.41) is 3.15. The van der Waals surface area contributed by atoms with Gasteiger partial charge < -0.3 is 10.2 Å². The molecule has 0 spiro atoms. The number of nitrogens with zero attached hydrogens (tertiary/aromatic N) is 1. The van der Waals surface area contributed by atoms with Crippen LogP contribution in [0.4, 0.5) is 5.69 Å². The topological polar surface area (TPSA) is 15.3 Å². The number of hydrogen-bond donors (Lipinski definition) is 1. The molecule has 0 unspecified atom stereocenters. The second-order valence-corrected chi connectivity index (χ2v) is 3.97. The van der Waals surface area contributed by atoms with Crippen molar-refractivity contribution in [3.63, 3.8) is 0 Å². The summed E-state index contributed by atoms with van der Waals surface area (Å²) in [6.07, 6.45) is 2.51. The van der Waals surface area contributed by atoms with Gasteiger partial charge in [0, 0.05) is 25.8 Å². The van der Waals surface area contributed by atoms with Crippen LogP contribution < -0.4 is 10.2 Å². The zero-order chi connectivity index (χ0) is 11.1. The van der Waals surface area contributed by atoms with E-state index in [1.165, 1.54) is 24.1 Å². The molecule has 1 aromatic rings. The Balaban J connectivity index is 2.54. The van der Waals surface area contributed by atoms with Crippen LogP contribution in [0.25, 0.3) is 0 Å². The molecule has 2 nitrogen and oxygen atoms in total. The summed E-state index contributed by atoms with van der Waals surface area (Å²) in [5.41, 5.74) is 2.65. The predicted molar refractivity (Wildman–Crippen MR) is 67.4 cm³/mol. The third-order valence-electron chi connectivity index (χ3n) is 2.61. The normalized spacial score (nSPS) is 10.3. The van der Waals surface area contributed by atoms with E-state index in [4.69, 9.17) is 0 Å². The summed E-state index contributed by atoms with van der Waals surface area (Å²) in [6, 6.07) is 8.77. The van der Waals surface area contributed by atoms with Crippen molar-refractivity contribution in [2.75, 3.05) is 25.5 Å². The minimum Gasteiger partial charge on any atom is -0.375 e. The monoisotopic (exact) mass is 206 g/mol. The van der Waals surface area contributed by atoms with Crippen LogP contribution in [0.1, 0.15) is 25.3 Å². The Hall–Kier alpha value is -1.02. The molecule has 84 valence electrons. The van der Waals surface area contributed by atoms with E-state index >= 15 is 0 Å². The van der Waals surface area contributed by atoms with Crippen LogP contribution in [0.3, 0.4) is 0 Å². The maximum Gasteiger partial charge on any atom is 0.0363 e. The molecule has 0 aromatic heterocycles. The van der Waals surface area contributed by atoms with Crippen molar-refractivity contribution in [3.05, 3.63) is 29.8 Å². The van der Waals surface area contributed by atoms with Crippen LogP contribution >= 0.6 is 0 Å². The zero-order valence-electron chi connectivity index (χ0n) is 10.1. The van der Waals surface area contributed by atoms with E-state index < -0.39 is 0 Å². The first-order chi connectivity index (χ1) is 7.27. The van der Waals surface area contributed by atoms with Crippen molar-refractivity contribution in [1.29, 1.82) is 0 Å². The quantitative estimate of drug-likeness (QED) is 0.769. The lowest BCUT2D eigenvalue weighted by atomic mass is 10.2. The first kappa shape index (κ1) is 12.1. The predicted octanol–water partition coefficient (Wildman–Crippen LogP) is 2.64. The summed E-state index contributed by atoms with van der Waals surface area (Å²) in [7, 11) is 4.13. The molecule has 2 heteroatoms. The van der Waals surface area contributed by atoms with Crippen LogP contribution in [0.2, 0.25) is 0 Å². The molecule has 0 heterocycles. The zero-order valence-corrected chi connectivity index (χ0v) is 10.1. The number of anilines is 1. The minimum absolute atomic E-state index is 0.943. The van der Waals surface area contributed by atoms with Crippen LogP contribution in [-0.2, 0) is 6.54 Å². The molecule has 1 aromatic carbocycles. The van der Waals surface area contributed by atoms with E-state index in [1.807, 2.05) is 7.05 Å². The van der Waals surface area contributed by atoms with Gasteiger partial charge in [0.05, 0.1) is 0 Å². The van der Waals surface area contributed by atoms with Gasteiger partial charge in [-0.15, -0.1) is 0 Å². The third kappa shape index (κ3) is 3.92. The van der Waals surface area contributed by atoms with Gasteiger partial charge >= 0.3 is 0 Å². The number of rotatable bonds is 6. The Morgan fingerprint density at radius 1 is 1.20 bits per heavy atom. The lowest BCUT2D eigenvalue weighted by Crippen LogP contribution is -2.18. The molecule has 0 aliphatic heterocycles. The standard InChI is InChI=1S/C13H22N2/c1-4-5-10-15(3)13-8-6-12(7-9-13)11-14-2/h6-9,14H,4-5,10-11H2,1-3H3. The van der Waals surface area contributed by atoms with E-state index in [0.717, 1.165) is 13.1 Å². The summed E-state index contributed by atoms with van der Waals surface area (Å²) < 4.78 is 0. The summed E-state index contributed by atoms with van der Waals surface area (Å²) in [4.78, 5) is 2.31. The van der Waals surface area contributed by atoms with Gasteiger partial charge in [-0.2, -0.15) is 0 Å². The Bertz CT molecular complexity index is 266. The smallest absolute Gasteiger partial charge is 0.0363 e. The largest absolute Gasteiger partial charge is 0.375 e. The van der Waals surface area contributed by atoms with Gasteiger partial charge in [-0.3, -0.25) is 0 Å².